The molecule has 0 saturated carbocycles. The number of methoxy groups -OCH3 is 1. The van der Waals surface area contributed by atoms with Crippen molar-refractivity contribution in [1.82, 2.24) is 10.2 Å². The number of para-hydroxylation sites is 1. The van der Waals surface area contributed by atoms with E-state index >= 15 is 0 Å². The Bertz CT molecular complexity index is 824. The van der Waals surface area contributed by atoms with Crippen LogP contribution in [0, 0.1) is 12.8 Å². The largest absolute Gasteiger partial charge is 0.496 e. The van der Waals surface area contributed by atoms with E-state index in [-0.39, 0.29) is 11.8 Å². The summed E-state index contributed by atoms with van der Waals surface area (Å²) in [4.78, 5) is 26.8. The minimum Gasteiger partial charge on any atom is -0.496 e. The molecular weight excluding hydrogens is 364 g/mol. The van der Waals surface area contributed by atoms with E-state index in [9.17, 15) is 9.59 Å². The van der Waals surface area contributed by atoms with Crippen molar-refractivity contribution in [2.45, 2.75) is 39.2 Å². The lowest BCUT2D eigenvalue weighted by Crippen LogP contribution is -2.38. The van der Waals surface area contributed by atoms with Gasteiger partial charge in [0.15, 0.2) is 0 Å². The molecule has 1 saturated heterocycles. The third-order valence-corrected chi connectivity index (χ3v) is 5.65. The van der Waals surface area contributed by atoms with Gasteiger partial charge in [-0.25, -0.2) is 0 Å². The highest BCUT2D eigenvalue weighted by Gasteiger charge is 2.24. The number of benzene rings is 2. The topological polar surface area (TPSA) is 58.6 Å². The van der Waals surface area contributed by atoms with Crippen LogP contribution in [-0.2, 0) is 11.3 Å². The van der Waals surface area contributed by atoms with Gasteiger partial charge in [-0.1, -0.05) is 35.9 Å². The second kappa shape index (κ2) is 10.1. The summed E-state index contributed by atoms with van der Waals surface area (Å²) in [5, 5.41) is 2.98. The third kappa shape index (κ3) is 5.83. The number of amides is 2. The predicted molar refractivity (Wildman–Crippen MR) is 114 cm³/mol. The Hall–Kier alpha value is -2.82. The number of aryl methyl sites for hydroxylation is 1. The van der Waals surface area contributed by atoms with Gasteiger partial charge in [-0.05, 0) is 50.3 Å². The van der Waals surface area contributed by atoms with Gasteiger partial charge in [0.05, 0.1) is 7.11 Å². The second-order valence-electron chi connectivity index (χ2n) is 7.73. The fourth-order valence-corrected chi connectivity index (χ4v) is 3.77. The van der Waals surface area contributed by atoms with Gasteiger partial charge in [-0.15, -0.1) is 0 Å². The molecule has 0 bridgehead atoms. The highest BCUT2D eigenvalue weighted by molar-refractivity contribution is 5.94. The Kier molecular flexibility index (Phi) is 7.28. The maximum atomic E-state index is 12.6. The SMILES string of the molecule is COc1ccccc1CNC(=O)CCC1CCN(C(=O)c2ccc(C)cc2)CC1. The zero-order valence-corrected chi connectivity index (χ0v) is 17.3. The lowest BCUT2D eigenvalue weighted by molar-refractivity contribution is -0.121. The van der Waals surface area contributed by atoms with Gasteiger partial charge in [0, 0.05) is 37.2 Å². The molecule has 2 aromatic carbocycles. The van der Waals surface area contributed by atoms with Crippen LogP contribution in [0.3, 0.4) is 0 Å². The summed E-state index contributed by atoms with van der Waals surface area (Å²) in [6.07, 6.45) is 3.30. The highest BCUT2D eigenvalue weighted by Crippen LogP contribution is 2.23. The smallest absolute Gasteiger partial charge is 0.253 e. The zero-order chi connectivity index (χ0) is 20.6. The minimum absolute atomic E-state index is 0.0640. The lowest BCUT2D eigenvalue weighted by Gasteiger charge is -2.32. The molecule has 0 unspecified atom stereocenters. The van der Waals surface area contributed by atoms with Gasteiger partial charge in [0.25, 0.3) is 5.91 Å². The third-order valence-electron chi connectivity index (χ3n) is 5.65. The predicted octanol–water partition coefficient (Wildman–Crippen LogP) is 3.95. The molecular formula is C24H30N2O3. The zero-order valence-electron chi connectivity index (χ0n) is 17.3. The fourth-order valence-electron chi connectivity index (χ4n) is 3.77. The van der Waals surface area contributed by atoms with E-state index in [0.29, 0.717) is 18.9 Å². The van der Waals surface area contributed by atoms with Crippen LogP contribution < -0.4 is 10.1 Å². The van der Waals surface area contributed by atoms with Gasteiger partial charge in [-0.2, -0.15) is 0 Å². The van der Waals surface area contributed by atoms with Crippen LogP contribution in [0.25, 0.3) is 0 Å². The van der Waals surface area contributed by atoms with Gasteiger partial charge < -0.3 is 15.0 Å². The first-order valence-corrected chi connectivity index (χ1v) is 10.3. The van der Waals surface area contributed by atoms with E-state index in [2.05, 4.69) is 5.32 Å². The average Bonchev–Trinajstić information content (AvgIpc) is 2.77. The quantitative estimate of drug-likeness (QED) is 0.773. The van der Waals surface area contributed by atoms with Crippen molar-refractivity contribution in [3.05, 3.63) is 65.2 Å². The van der Waals surface area contributed by atoms with E-state index in [1.165, 1.54) is 0 Å². The fraction of sp³-hybridized carbons (Fsp3) is 0.417. The van der Waals surface area contributed by atoms with E-state index in [4.69, 9.17) is 4.74 Å². The molecule has 0 aliphatic carbocycles. The minimum atomic E-state index is 0.0640. The van der Waals surface area contributed by atoms with Crippen LogP contribution in [0.15, 0.2) is 48.5 Å². The van der Waals surface area contributed by atoms with E-state index < -0.39 is 0 Å². The summed E-state index contributed by atoms with van der Waals surface area (Å²) in [6, 6.07) is 15.5. The molecule has 0 radical (unpaired) electrons. The Labute approximate surface area is 173 Å². The molecule has 0 aromatic heterocycles. The van der Waals surface area contributed by atoms with E-state index in [1.807, 2.05) is 60.4 Å². The summed E-state index contributed by atoms with van der Waals surface area (Å²) in [6.45, 7) is 4.03. The van der Waals surface area contributed by atoms with Crippen LogP contribution in [-0.4, -0.2) is 36.9 Å². The van der Waals surface area contributed by atoms with Gasteiger partial charge in [-0.3, -0.25) is 9.59 Å². The summed E-state index contributed by atoms with van der Waals surface area (Å²) in [5.41, 5.74) is 2.89. The second-order valence-corrected chi connectivity index (χ2v) is 7.73. The number of nitrogens with zero attached hydrogens (tertiary/aromatic N) is 1. The molecule has 0 spiro atoms. The first-order chi connectivity index (χ1) is 14.1. The summed E-state index contributed by atoms with van der Waals surface area (Å²) < 4.78 is 5.32. The molecule has 1 aliphatic rings. The van der Waals surface area contributed by atoms with Crippen molar-refractivity contribution >= 4 is 11.8 Å². The van der Waals surface area contributed by atoms with Crippen molar-refractivity contribution < 1.29 is 14.3 Å². The Morgan fingerprint density at radius 2 is 1.76 bits per heavy atom. The number of hydrogen-bond donors (Lipinski definition) is 1. The van der Waals surface area contributed by atoms with Crippen LogP contribution in [0.4, 0.5) is 0 Å². The molecule has 2 amide bonds. The van der Waals surface area contributed by atoms with Crippen LogP contribution >= 0.6 is 0 Å². The van der Waals surface area contributed by atoms with Crippen molar-refractivity contribution in [3.8, 4) is 5.75 Å². The Morgan fingerprint density at radius 3 is 2.45 bits per heavy atom. The number of rotatable bonds is 7. The van der Waals surface area contributed by atoms with Crippen molar-refractivity contribution in [2.24, 2.45) is 5.92 Å². The molecule has 3 rings (SSSR count). The van der Waals surface area contributed by atoms with Crippen molar-refractivity contribution in [2.75, 3.05) is 20.2 Å². The molecule has 154 valence electrons. The van der Waals surface area contributed by atoms with E-state index in [0.717, 1.165) is 54.8 Å². The number of likely N-dealkylation sites (tertiary alicyclic amines) is 1. The number of piperidine rings is 1. The molecule has 29 heavy (non-hydrogen) atoms. The maximum Gasteiger partial charge on any atom is 0.253 e. The summed E-state index contributed by atoms with van der Waals surface area (Å²) >= 11 is 0. The average molecular weight is 395 g/mol. The normalized spacial score (nSPS) is 14.5. The molecule has 1 aliphatic heterocycles. The van der Waals surface area contributed by atoms with Crippen molar-refractivity contribution in [1.29, 1.82) is 0 Å². The summed E-state index contributed by atoms with van der Waals surface area (Å²) in [5.74, 6) is 1.46. The molecule has 5 nitrogen and oxygen atoms in total. The summed E-state index contributed by atoms with van der Waals surface area (Å²) in [7, 11) is 1.64. The Morgan fingerprint density at radius 1 is 1.07 bits per heavy atom. The number of ether oxygens (including phenoxy) is 1. The van der Waals surface area contributed by atoms with Gasteiger partial charge >= 0.3 is 0 Å². The van der Waals surface area contributed by atoms with Crippen LogP contribution in [0.2, 0.25) is 0 Å². The van der Waals surface area contributed by atoms with Crippen molar-refractivity contribution in [3.63, 3.8) is 0 Å². The molecule has 1 heterocycles. The molecule has 5 heteroatoms. The van der Waals surface area contributed by atoms with Crippen LogP contribution in [0.5, 0.6) is 5.75 Å². The molecule has 1 N–H and O–H groups in total. The van der Waals surface area contributed by atoms with E-state index in [1.54, 1.807) is 7.11 Å². The molecule has 1 fully saturated rings. The van der Waals surface area contributed by atoms with Gasteiger partial charge in [0.1, 0.15) is 5.75 Å². The molecule has 2 aromatic rings. The van der Waals surface area contributed by atoms with Crippen LogP contribution in [0.1, 0.15) is 47.2 Å². The number of hydrogen-bond acceptors (Lipinski definition) is 3. The highest BCUT2D eigenvalue weighted by atomic mass is 16.5. The molecule has 0 atom stereocenters. The standard InChI is InChI=1S/C24H30N2O3/c1-18-7-10-20(11-8-18)24(28)26-15-13-19(14-16-26)9-12-23(27)25-17-21-5-3-4-6-22(21)29-2/h3-8,10-11,19H,9,12-17H2,1-2H3,(H,25,27). The number of carbonyl (C=O) groups excluding carboxylic acids is 2. The monoisotopic (exact) mass is 394 g/mol. The first kappa shape index (κ1) is 20.9. The maximum absolute atomic E-state index is 12.6. The number of nitrogens with one attached hydrogen (secondary N) is 1. The Balaban J connectivity index is 1.39. The first-order valence-electron chi connectivity index (χ1n) is 10.3. The number of carbonyl (C=O) groups is 2. The van der Waals surface area contributed by atoms with Gasteiger partial charge in [0.2, 0.25) is 5.91 Å². The lowest BCUT2D eigenvalue weighted by atomic mass is 9.91.